The van der Waals surface area contributed by atoms with Crippen molar-refractivity contribution in [1.29, 1.82) is 0 Å². The largest absolute Gasteiger partial charge is 0.497 e. The average Bonchev–Trinajstić information content (AvgIpc) is 2.58. The average molecular weight is 455 g/mol. The predicted molar refractivity (Wildman–Crippen MR) is 115 cm³/mol. The van der Waals surface area contributed by atoms with E-state index in [2.05, 4.69) is 10.3 Å². The molecule has 0 aliphatic rings. The topological polar surface area (TPSA) is 68.9 Å². The zero-order valence-electron chi connectivity index (χ0n) is 14.9. The smallest absolute Gasteiger partial charge is 0.193 e. The van der Waals surface area contributed by atoms with E-state index in [1.54, 1.807) is 14.2 Å². The molecule has 3 N–H and O–H groups in total. The van der Waals surface area contributed by atoms with Crippen LogP contribution in [0.15, 0.2) is 47.5 Å². The highest BCUT2D eigenvalue weighted by atomic mass is 127. The van der Waals surface area contributed by atoms with Crippen molar-refractivity contribution in [3.05, 3.63) is 53.6 Å². The minimum absolute atomic E-state index is 0. The second-order valence-electron chi connectivity index (χ2n) is 5.54. The Labute approximate surface area is 166 Å². The number of rotatable bonds is 7. The molecule has 0 bridgehead atoms. The van der Waals surface area contributed by atoms with Gasteiger partial charge in [-0.3, -0.25) is 4.99 Å². The molecule has 0 saturated carbocycles. The van der Waals surface area contributed by atoms with Crippen LogP contribution >= 0.6 is 24.0 Å². The lowest BCUT2D eigenvalue weighted by Crippen LogP contribution is -2.22. The second kappa shape index (κ2) is 10.8. The van der Waals surface area contributed by atoms with E-state index in [0.717, 1.165) is 35.6 Å². The van der Waals surface area contributed by atoms with Gasteiger partial charge in [0, 0.05) is 12.2 Å². The number of benzene rings is 2. The number of anilines is 1. The van der Waals surface area contributed by atoms with Gasteiger partial charge in [-0.25, -0.2) is 0 Å². The SMILES string of the molecule is COc1ccc(OC)c(CCCN=C(N)Nc2cccc(C)c2)c1.I. The third-order valence-corrected chi connectivity index (χ3v) is 3.66. The van der Waals surface area contributed by atoms with E-state index in [1.165, 1.54) is 5.56 Å². The number of halogens is 1. The van der Waals surface area contributed by atoms with Gasteiger partial charge in [-0.2, -0.15) is 0 Å². The van der Waals surface area contributed by atoms with Crippen LogP contribution in [0.5, 0.6) is 11.5 Å². The number of ether oxygens (including phenoxy) is 2. The molecule has 0 spiro atoms. The van der Waals surface area contributed by atoms with E-state index in [1.807, 2.05) is 49.4 Å². The second-order valence-corrected chi connectivity index (χ2v) is 5.54. The number of guanidine groups is 1. The Morgan fingerprint density at radius 3 is 2.60 bits per heavy atom. The van der Waals surface area contributed by atoms with Crippen LogP contribution in [-0.2, 0) is 6.42 Å². The highest BCUT2D eigenvalue weighted by Crippen LogP contribution is 2.25. The summed E-state index contributed by atoms with van der Waals surface area (Å²) in [6.45, 7) is 2.69. The van der Waals surface area contributed by atoms with Gasteiger partial charge in [0.05, 0.1) is 14.2 Å². The van der Waals surface area contributed by atoms with Crippen LogP contribution in [0.2, 0.25) is 0 Å². The first-order chi connectivity index (χ1) is 11.6. The molecule has 5 nitrogen and oxygen atoms in total. The summed E-state index contributed by atoms with van der Waals surface area (Å²) in [5.41, 5.74) is 9.17. The Kier molecular flexibility index (Phi) is 9.12. The Morgan fingerprint density at radius 1 is 1.12 bits per heavy atom. The van der Waals surface area contributed by atoms with Crippen molar-refractivity contribution < 1.29 is 9.47 Å². The molecule has 0 amide bonds. The van der Waals surface area contributed by atoms with Crippen LogP contribution in [0.3, 0.4) is 0 Å². The molecule has 2 aromatic carbocycles. The lowest BCUT2D eigenvalue weighted by Gasteiger charge is -2.10. The van der Waals surface area contributed by atoms with Crippen molar-refractivity contribution in [2.45, 2.75) is 19.8 Å². The maximum Gasteiger partial charge on any atom is 0.193 e. The van der Waals surface area contributed by atoms with E-state index in [0.29, 0.717) is 12.5 Å². The highest BCUT2D eigenvalue weighted by Gasteiger charge is 2.05. The molecule has 0 aliphatic carbocycles. The summed E-state index contributed by atoms with van der Waals surface area (Å²) in [6, 6.07) is 13.8. The summed E-state index contributed by atoms with van der Waals surface area (Å²) in [5.74, 6) is 2.12. The van der Waals surface area contributed by atoms with Crippen molar-refractivity contribution in [2.24, 2.45) is 10.7 Å². The van der Waals surface area contributed by atoms with Crippen LogP contribution in [-0.4, -0.2) is 26.7 Å². The molecule has 136 valence electrons. The van der Waals surface area contributed by atoms with E-state index in [9.17, 15) is 0 Å². The first-order valence-corrected chi connectivity index (χ1v) is 7.97. The molecule has 0 atom stereocenters. The van der Waals surface area contributed by atoms with Crippen molar-refractivity contribution in [2.75, 3.05) is 26.1 Å². The molecule has 25 heavy (non-hydrogen) atoms. The van der Waals surface area contributed by atoms with E-state index in [-0.39, 0.29) is 24.0 Å². The molecule has 0 radical (unpaired) electrons. The number of hydrogen-bond acceptors (Lipinski definition) is 3. The third-order valence-electron chi connectivity index (χ3n) is 3.66. The predicted octanol–water partition coefficient (Wildman–Crippen LogP) is 3.99. The standard InChI is InChI=1S/C19H25N3O2.HI/c1-14-6-4-8-16(12-14)22-19(20)21-11-5-7-15-13-17(23-2)9-10-18(15)24-3;/h4,6,8-10,12-13H,5,7,11H2,1-3H3,(H3,20,21,22);1H. The van der Waals surface area contributed by atoms with Gasteiger partial charge in [-0.15, -0.1) is 24.0 Å². The van der Waals surface area contributed by atoms with Crippen LogP contribution in [0.1, 0.15) is 17.5 Å². The molecular weight excluding hydrogens is 429 g/mol. The maximum absolute atomic E-state index is 5.93. The Hall–Kier alpha value is -1.96. The van der Waals surface area contributed by atoms with Gasteiger partial charge in [0.25, 0.3) is 0 Å². The van der Waals surface area contributed by atoms with Gasteiger partial charge in [-0.05, 0) is 61.2 Å². The molecule has 0 fully saturated rings. The number of nitrogens with one attached hydrogen (secondary N) is 1. The minimum Gasteiger partial charge on any atom is -0.497 e. The maximum atomic E-state index is 5.93. The summed E-state index contributed by atoms with van der Waals surface area (Å²) in [4.78, 5) is 4.37. The summed E-state index contributed by atoms with van der Waals surface area (Å²) in [6.07, 6.45) is 1.72. The van der Waals surface area contributed by atoms with Gasteiger partial charge < -0.3 is 20.5 Å². The number of nitrogens with zero attached hydrogens (tertiary/aromatic N) is 1. The fourth-order valence-electron chi connectivity index (χ4n) is 2.46. The summed E-state index contributed by atoms with van der Waals surface area (Å²) in [5, 5.41) is 3.11. The number of aryl methyl sites for hydroxylation is 2. The lowest BCUT2D eigenvalue weighted by atomic mass is 10.1. The van der Waals surface area contributed by atoms with Gasteiger partial charge in [0.15, 0.2) is 5.96 Å². The Balaban J connectivity index is 0.00000312. The van der Waals surface area contributed by atoms with Crippen LogP contribution < -0.4 is 20.5 Å². The van der Waals surface area contributed by atoms with E-state index < -0.39 is 0 Å². The number of aliphatic imine (C=N–C) groups is 1. The van der Waals surface area contributed by atoms with Crippen molar-refractivity contribution in [3.8, 4) is 11.5 Å². The number of hydrogen-bond donors (Lipinski definition) is 2. The quantitative estimate of drug-likeness (QED) is 0.287. The summed E-state index contributed by atoms with van der Waals surface area (Å²) >= 11 is 0. The third kappa shape index (κ3) is 6.81. The molecule has 2 rings (SSSR count). The number of nitrogens with two attached hydrogens (primary N) is 1. The van der Waals surface area contributed by atoms with Gasteiger partial charge in [0.1, 0.15) is 11.5 Å². The summed E-state index contributed by atoms with van der Waals surface area (Å²) in [7, 11) is 3.33. The molecule has 0 aromatic heterocycles. The summed E-state index contributed by atoms with van der Waals surface area (Å²) < 4.78 is 10.6. The zero-order chi connectivity index (χ0) is 17.4. The lowest BCUT2D eigenvalue weighted by molar-refractivity contribution is 0.398. The molecular formula is C19H26IN3O2. The molecule has 0 saturated heterocycles. The monoisotopic (exact) mass is 455 g/mol. The van der Waals surface area contributed by atoms with Crippen molar-refractivity contribution in [1.82, 2.24) is 0 Å². The fraction of sp³-hybridized carbons (Fsp3) is 0.316. The minimum atomic E-state index is 0. The van der Waals surface area contributed by atoms with Gasteiger partial charge >= 0.3 is 0 Å². The molecule has 6 heteroatoms. The molecule has 2 aromatic rings. The van der Waals surface area contributed by atoms with Crippen LogP contribution in [0.4, 0.5) is 5.69 Å². The van der Waals surface area contributed by atoms with Crippen LogP contribution in [0, 0.1) is 6.92 Å². The first kappa shape index (κ1) is 21.1. The Morgan fingerprint density at radius 2 is 1.92 bits per heavy atom. The van der Waals surface area contributed by atoms with Crippen LogP contribution in [0.25, 0.3) is 0 Å². The number of methoxy groups -OCH3 is 2. The van der Waals surface area contributed by atoms with Crippen molar-refractivity contribution >= 4 is 35.6 Å². The van der Waals surface area contributed by atoms with E-state index in [4.69, 9.17) is 15.2 Å². The van der Waals surface area contributed by atoms with Gasteiger partial charge in [-0.1, -0.05) is 12.1 Å². The molecule has 0 aliphatic heterocycles. The normalized spacial score (nSPS) is 10.8. The first-order valence-electron chi connectivity index (χ1n) is 7.97. The Bertz CT molecular complexity index is 705. The molecule has 0 heterocycles. The van der Waals surface area contributed by atoms with Gasteiger partial charge in [0.2, 0.25) is 0 Å². The van der Waals surface area contributed by atoms with E-state index >= 15 is 0 Å². The zero-order valence-corrected chi connectivity index (χ0v) is 17.2. The highest BCUT2D eigenvalue weighted by molar-refractivity contribution is 14.0. The molecule has 0 unspecified atom stereocenters. The fourth-order valence-corrected chi connectivity index (χ4v) is 2.46. The van der Waals surface area contributed by atoms with Crippen molar-refractivity contribution in [3.63, 3.8) is 0 Å².